The molecule has 0 aliphatic heterocycles. The maximum absolute atomic E-state index is 4.86. The third kappa shape index (κ3) is 2.53. The second kappa shape index (κ2) is 5.73. The van der Waals surface area contributed by atoms with Crippen molar-refractivity contribution in [1.82, 2.24) is 4.98 Å². The summed E-state index contributed by atoms with van der Waals surface area (Å²) in [4.78, 5) is 4.86. The smallest absolute Gasteiger partial charge is 0.0743 e. The van der Waals surface area contributed by atoms with E-state index in [2.05, 4.69) is 64.2 Å². The van der Waals surface area contributed by atoms with Gasteiger partial charge in [0.05, 0.1) is 5.69 Å². The van der Waals surface area contributed by atoms with Crippen LogP contribution in [-0.2, 0) is 19.3 Å². The summed E-state index contributed by atoms with van der Waals surface area (Å²) in [5, 5.41) is 2.68. The highest BCUT2D eigenvalue weighted by Crippen LogP contribution is 2.38. The highest BCUT2D eigenvalue weighted by molar-refractivity contribution is 5.91. The van der Waals surface area contributed by atoms with E-state index in [4.69, 9.17) is 4.98 Å². The standard InChI is InChI=1S/C23H25N/c1-14(2)9-17-5-6-18-13-24-23-20(21(18)12-17)8-7-19-16(4)10-15(3)11-22(19)23/h5-6,10-14H,7-9H2,1-4H3. The molecule has 4 rings (SSSR count). The van der Waals surface area contributed by atoms with Crippen LogP contribution in [0.1, 0.15) is 41.7 Å². The van der Waals surface area contributed by atoms with Gasteiger partial charge in [-0.15, -0.1) is 0 Å². The Morgan fingerprint density at radius 1 is 1.00 bits per heavy atom. The topological polar surface area (TPSA) is 12.9 Å². The lowest BCUT2D eigenvalue weighted by Gasteiger charge is -2.23. The Balaban J connectivity index is 1.94. The molecule has 0 N–H and O–H groups in total. The van der Waals surface area contributed by atoms with Gasteiger partial charge in [0.2, 0.25) is 0 Å². The Kier molecular flexibility index (Phi) is 3.68. The minimum Gasteiger partial charge on any atom is -0.255 e. The van der Waals surface area contributed by atoms with Gasteiger partial charge >= 0.3 is 0 Å². The number of fused-ring (bicyclic) bond motifs is 5. The van der Waals surface area contributed by atoms with Gasteiger partial charge in [0.25, 0.3) is 0 Å². The number of hydrogen-bond donors (Lipinski definition) is 0. The maximum atomic E-state index is 4.86. The zero-order chi connectivity index (χ0) is 16.8. The van der Waals surface area contributed by atoms with Crippen molar-refractivity contribution in [3.05, 3.63) is 64.3 Å². The number of pyridine rings is 1. The second-order valence-corrected chi connectivity index (χ2v) is 7.71. The quantitative estimate of drug-likeness (QED) is 0.581. The van der Waals surface area contributed by atoms with E-state index in [-0.39, 0.29) is 0 Å². The highest BCUT2D eigenvalue weighted by atomic mass is 14.7. The Morgan fingerprint density at radius 3 is 2.58 bits per heavy atom. The van der Waals surface area contributed by atoms with Crippen LogP contribution in [0.5, 0.6) is 0 Å². The Morgan fingerprint density at radius 2 is 1.79 bits per heavy atom. The SMILES string of the molecule is Cc1cc(C)c2c(c1)-c1ncc3ccc(CC(C)C)cc3c1CC2. The molecule has 0 radical (unpaired) electrons. The summed E-state index contributed by atoms with van der Waals surface area (Å²) in [5.74, 6) is 0.686. The van der Waals surface area contributed by atoms with Crippen molar-refractivity contribution < 1.29 is 0 Å². The van der Waals surface area contributed by atoms with Crippen LogP contribution < -0.4 is 0 Å². The molecule has 0 spiro atoms. The van der Waals surface area contributed by atoms with E-state index in [0.29, 0.717) is 5.92 Å². The van der Waals surface area contributed by atoms with Gasteiger partial charge in [0.1, 0.15) is 0 Å². The lowest BCUT2D eigenvalue weighted by atomic mass is 9.83. The van der Waals surface area contributed by atoms with Crippen molar-refractivity contribution in [3.8, 4) is 11.3 Å². The monoisotopic (exact) mass is 315 g/mol. The van der Waals surface area contributed by atoms with E-state index in [1.165, 1.54) is 49.8 Å². The first-order valence-electron chi connectivity index (χ1n) is 9.04. The zero-order valence-corrected chi connectivity index (χ0v) is 15.1. The van der Waals surface area contributed by atoms with E-state index in [9.17, 15) is 0 Å². The van der Waals surface area contributed by atoms with Gasteiger partial charge in [0, 0.05) is 17.1 Å². The highest BCUT2D eigenvalue weighted by Gasteiger charge is 2.21. The van der Waals surface area contributed by atoms with Gasteiger partial charge in [-0.05, 0) is 72.7 Å². The summed E-state index contributed by atoms with van der Waals surface area (Å²) in [6.45, 7) is 8.99. The van der Waals surface area contributed by atoms with E-state index in [1.807, 2.05) is 0 Å². The van der Waals surface area contributed by atoms with Gasteiger partial charge in [-0.1, -0.05) is 43.7 Å². The number of aryl methyl sites for hydroxylation is 3. The van der Waals surface area contributed by atoms with Gasteiger partial charge in [-0.25, -0.2) is 0 Å². The molecule has 2 aromatic carbocycles. The van der Waals surface area contributed by atoms with Gasteiger partial charge in [-0.2, -0.15) is 0 Å². The van der Waals surface area contributed by atoms with E-state index < -0.39 is 0 Å². The largest absolute Gasteiger partial charge is 0.255 e. The van der Waals surface area contributed by atoms with Crippen LogP contribution in [0, 0.1) is 19.8 Å². The van der Waals surface area contributed by atoms with Crippen LogP contribution in [0.3, 0.4) is 0 Å². The third-order valence-electron chi connectivity index (χ3n) is 5.20. The molecule has 0 bridgehead atoms. The summed E-state index contributed by atoms with van der Waals surface area (Å²) >= 11 is 0. The van der Waals surface area contributed by atoms with E-state index in [0.717, 1.165) is 19.3 Å². The molecular formula is C23H25N. The molecule has 0 saturated heterocycles. The predicted molar refractivity (Wildman–Crippen MR) is 103 cm³/mol. The molecule has 0 fully saturated rings. The van der Waals surface area contributed by atoms with Crippen molar-refractivity contribution in [3.63, 3.8) is 0 Å². The third-order valence-corrected chi connectivity index (χ3v) is 5.20. The minimum absolute atomic E-state index is 0.686. The van der Waals surface area contributed by atoms with Crippen LogP contribution in [0.15, 0.2) is 36.5 Å². The fourth-order valence-corrected chi connectivity index (χ4v) is 4.19. The Labute approximate surface area is 144 Å². The number of hydrogen-bond acceptors (Lipinski definition) is 1. The molecule has 0 saturated carbocycles. The van der Waals surface area contributed by atoms with Crippen molar-refractivity contribution in [2.45, 2.75) is 47.0 Å². The number of nitrogens with zero attached hydrogens (tertiary/aromatic N) is 1. The fraction of sp³-hybridized carbons (Fsp3) is 0.348. The van der Waals surface area contributed by atoms with Crippen LogP contribution in [0.2, 0.25) is 0 Å². The molecule has 1 aliphatic rings. The average Bonchev–Trinajstić information content (AvgIpc) is 2.53. The summed E-state index contributed by atoms with van der Waals surface area (Å²) in [5.41, 5.74) is 9.66. The first-order chi connectivity index (χ1) is 11.5. The van der Waals surface area contributed by atoms with Crippen LogP contribution >= 0.6 is 0 Å². The fourth-order valence-electron chi connectivity index (χ4n) is 4.19. The molecule has 1 heterocycles. The lowest BCUT2D eigenvalue weighted by Crippen LogP contribution is -2.09. The van der Waals surface area contributed by atoms with Crippen LogP contribution in [0.25, 0.3) is 22.0 Å². The molecule has 0 unspecified atom stereocenters. The molecule has 0 atom stereocenters. The summed E-state index contributed by atoms with van der Waals surface area (Å²) < 4.78 is 0. The zero-order valence-electron chi connectivity index (χ0n) is 15.1. The van der Waals surface area contributed by atoms with Crippen molar-refractivity contribution in [2.24, 2.45) is 5.92 Å². The van der Waals surface area contributed by atoms with Gasteiger partial charge in [-0.3, -0.25) is 4.98 Å². The summed E-state index contributed by atoms with van der Waals surface area (Å²) in [7, 11) is 0. The molecule has 1 aromatic heterocycles. The van der Waals surface area contributed by atoms with Crippen LogP contribution in [0.4, 0.5) is 0 Å². The van der Waals surface area contributed by atoms with Crippen molar-refractivity contribution in [1.29, 1.82) is 0 Å². The molecule has 0 amide bonds. The Bertz CT molecular complexity index is 934. The first kappa shape index (κ1) is 15.4. The normalized spacial score (nSPS) is 13.2. The molecule has 3 aromatic rings. The van der Waals surface area contributed by atoms with Crippen molar-refractivity contribution in [2.75, 3.05) is 0 Å². The minimum atomic E-state index is 0.686. The molecule has 24 heavy (non-hydrogen) atoms. The van der Waals surface area contributed by atoms with Gasteiger partial charge < -0.3 is 0 Å². The molecule has 122 valence electrons. The van der Waals surface area contributed by atoms with E-state index in [1.54, 1.807) is 0 Å². The van der Waals surface area contributed by atoms with Gasteiger partial charge in [0.15, 0.2) is 0 Å². The number of aromatic nitrogens is 1. The maximum Gasteiger partial charge on any atom is 0.0743 e. The molecule has 1 aliphatic carbocycles. The number of benzene rings is 2. The molecular weight excluding hydrogens is 290 g/mol. The second-order valence-electron chi connectivity index (χ2n) is 7.71. The van der Waals surface area contributed by atoms with Crippen molar-refractivity contribution >= 4 is 10.8 Å². The average molecular weight is 315 g/mol. The molecule has 1 nitrogen and oxygen atoms in total. The van der Waals surface area contributed by atoms with E-state index >= 15 is 0 Å². The Hall–Kier alpha value is -2.15. The number of rotatable bonds is 2. The molecule has 1 heteroatoms. The predicted octanol–water partition coefficient (Wildman–Crippen LogP) is 5.82. The first-order valence-corrected chi connectivity index (χ1v) is 9.04. The summed E-state index contributed by atoms with van der Waals surface area (Å²) in [6.07, 6.45) is 5.42. The summed E-state index contributed by atoms with van der Waals surface area (Å²) in [6, 6.07) is 11.5. The lowest BCUT2D eigenvalue weighted by molar-refractivity contribution is 0.648. The van der Waals surface area contributed by atoms with Crippen LogP contribution in [-0.4, -0.2) is 4.98 Å².